The minimum atomic E-state index is 0.628. The van der Waals surface area contributed by atoms with Crippen LogP contribution >= 0.6 is 0 Å². The molecule has 2 heterocycles. The van der Waals surface area contributed by atoms with E-state index in [9.17, 15) is 0 Å². The summed E-state index contributed by atoms with van der Waals surface area (Å²) in [5, 5.41) is 12.2. The number of piperidine rings is 1. The number of anilines is 1. The molecule has 5 heteroatoms. The fourth-order valence-electron chi connectivity index (χ4n) is 3.12. The molecule has 1 saturated heterocycles. The lowest BCUT2D eigenvalue weighted by Gasteiger charge is -2.30. The van der Waals surface area contributed by atoms with Gasteiger partial charge in [-0.05, 0) is 56.8 Å². The molecule has 0 atom stereocenters. The normalized spacial score (nSPS) is 19.8. The van der Waals surface area contributed by atoms with E-state index in [1.54, 1.807) is 0 Å². The molecule has 21 heavy (non-hydrogen) atoms. The minimum Gasteiger partial charge on any atom is -0.336 e. The van der Waals surface area contributed by atoms with Gasteiger partial charge < -0.3 is 10.2 Å². The third-order valence-corrected chi connectivity index (χ3v) is 4.51. The number of aromatic nitrogens is 3. The van der Waals surface area contributed by atoms with Gasteiger partial charge >= 0.3 is 0 Å². The number of nitrogens with one attached hydrogen (secondary N) is 1. The highest BCUT2D eigenvalue weighted by Gasteiger charge is 2.33. The van der Waals surface area contributed by atoms with E-state index in [0.717, 1.165) is 42.5 Å². The van der Waals surface area contributed by atoms with Gasteiger partial charge in [-0.2, -0.15) is 0 Å². The van der Waals surface area contributed by atoms with Crippen LogP contribution in [0, 0.1) is 5.92 Å². The number of para-hydroxylation sites is 1. The van der Waals surface area contributed by atoms with Crippen molar-refractivity contribution < 1.29 is 0 Å². The number of hydrogen-bond acceptors (Lipinski definition) is 5. The standard InChI is InChI=1S/C16H21N5/c1-2-4-15-14(3-1)18-16(20-19-15)21(13-5-6-13)11-12-7-9-17-10-8-12/h1-4,12-13,17H,5-11H2. The summed E-state index contributed by atoms with van der Waals surface area (Å²) in [7, 11) is 0. The fraction of sp³-hybridized carbons (Fsp3) is 0.562. The van der Waals surface area contributed by atoms with Crippen LogP contribution in [0.3, 0.4) is 0 Å². The number of nitrogens with zero attached hydrogens (tertiary/aromatic N) is 4. The molecule has 5 nitrogen and oxygen atoms in total. The molecule has 0 bridgehead atoms. The van der Waals surface area contributed by atoms with Crippen LogP contribution in [-0.2, 0) is 0 Å². The van der Waals surface area contributed by atoms with Crippen LogP contribution in [-0.4, -0.2) is 40.9 Å². The Hall–Kier alpha value is -1.75. The Morgan fingerprint density at radius 2 is 1.76 bits per heavy atom. The third kappa shape index (κ3) is 2.83. The SMILES string of the molecule is c1ccc2nc(N(CC3CCNCC3)C3CC3)nnc2c1. The molecule has 1 aromatic heterocycles. The molecular weight excluding hydrogens is 262 g/mol. The zero-order chi connectivity index (χ0) is 14.1. The van der Waals surface area contributed by atoms with Gasteiger partial charge in [0.25, 0.3) is 0 Å². The number of benzene rings is 1. The van der Waals surface area contributed by atoms with E-state index >= 15 is 0 Å². The van der Waals surface area contributed by atoms with E-state index in [4.69, 9.17) is 4.98 Å². The maximum atomic E-state index is 4.74. The first-order valence-corrected chi connectivity index (χ1v) is 7.97. The van der Waals surface area contributed by atoms with Gasteiger partial charge in [0.05, 0.1) is 5.52 Å². The highest BCUT2D eigenvalue weighted by molar-refractivity contribution is 5.74. The van der Waals surface area contributed by atoms with Crippen molar-refractivity contribution in [2.24, 2.45) is 5.92 Å². The van der Waals surface area contributed by atoms with Gasteiger partial charge in [0.15, 0.2) is 0 Å². The van der Waals surface area contributed by atoms with Crippen molar-refractivity contribution in [2.75, 3.05) is 24.5 Å². The summed E-state index contributed by atoms with van der Waals surface area (Å²) in [5.41, 5.74) is 1.82. The molecular formula is C16H21N5. The predicted octanol–water partition coefficient (Wildman–Crippen LogP) is 1.99. The zero-order valence-corrected chi connectivity index (χ0v) is 12.2. The second-order valence-corrected chi connectivity index (χ2v) is 6.18. The van der Waals surface area contributed by atoms with Gasteiger partial charge in [0.2, 0.25) is 5.95 Å². The Balaban J connectivity index is 1.59. The summed E-state index contributed by atoms with van der Waals surface area (Å²) in [4.78, 5) is 7.14. The molecule has 0 amide bonds. The number of hydrogen-bond donors (Lipinski definition) is 1. The average molecular weight is 283 g/mol. The fourth-order valence-corrected chi connectivity index (χ4v) is 3.12. The van der Waals surface area contributed by atoms with Gasteiger partial charge in [-0.3, -0.25) is 0 Å². The summed E-state index contributed by atoms with van der Waals surface area (Å²) in [5.74, 6) is 1.57. The summed E-state index contributed by atoms with van der Waals surface area (Å²) >= 11 is 0. The highest BCUT2D eigenvalue weighted by atomic mass is 15.3. The van der Waals surface area contributed by atoms with Gasteiger partial charge in [-0.25, -0.2) is 4.98 Å². The van der Waals surface area contributed by atoms with Crippen LogP contribution in [0.25, 0.3) is 11.0 Å². The van der Waals surface area contributed by atoms with Crippen LogP contribution in [0.4, 0.5) is 5.95 Å². The molecule has 1 N–H and O–H groups in total. The Kier molecular flexibility index (Phi) is 3.43. The van der Waals surface area contributed by atoms with E-state index < -0.39 is 0 Å². The smallest absolute Gasteiger partial charge is 0.246 e. The summed E-state index contributed by atoms with van der Waals surface area (Å²) in [6, 6.07) is 8.60. The molecule has 1 aromatic carbocycles. The van der Waals surface area contributed by atoms with E-state index in [0.29, 0.717) is 6.04 Å². The summed E-state index contributed by atoms with van der Waals surface area (Å²) in [6.07, 6.45) is 5.04. The van der Waals surface area contributed by atoms with Crippen molar-refractivity contribution in [2.45, 2.75) is 31.7 Å². The Morgan fingerprint density at radius 1 is 1.00 bits per heavy atom. The van der Waals surface area contributed by atoms with Crippen LogP contribution in [0.1, 0.15) is 25.7 Å². The lowest BCUT2D eigenvalue weighted by molar-refractivity contribution is 0.371. The second-order valence-electron chi connectivity index (χ2n) is 6.18. The molecule has 0 radical (unpaired) electrons. The Morgan fingerprint density at radius 3 is 2.52 bits per heavy atom. The Labute approximate surface area is 124 Å². The topological polar surface area (TPSA) is 53.9 Å². The van der Waals surface area contributed by atoms with Gasteiger partial charge in [0, 0.05) is 12.6 Å². The van der Waals surface area contributed by atoms with Crippen molar-refractivity contribution in [1.82, 2.24) is 20.5 Å². The lowest BCUT2D eigenvalue weighted by Crippen LogP contribution is -2.38. The van der Waals surface area contributed by atoms with Crippen LogP contribution in [0.15, 0.2) is 24.3 Å². The zero-order valence-electron chi connectivity index (χ0n) is 12.2. The molecule has 4 rings (SSSR count). The van der Waals surface area contributed by atoms with E-state index in [-0.39, 0.29) is 0 Å². The number of fused-ring (bicyclic) bond motifs is 1. The lowest BCUT2D eigenvalue weighted by atomic mass is 9.97. The maximum Gasteiger partial charge on any atom is 0.246 e. The molecule has 2 aromatic rings. The van der Waals surface area contributed by atoms with Crippen LogP contribution in [0.2, 0.25) is 0 Å². The van der Waals surface area contributed by atoms with Gasteiger partial charge in [-0.15, -0.1) is 10.2 Å². The van der Waals surface area contributed by atoms with E-state index in [1.807, 2.05) is 24.3 Å². The first-order valence-electron chi connectivity index (χ1n) is 7.97. The van der Waals surface area contributed by atoms with Crippen molar-refractivity contribution in [3.05, 3.63) is 24.3 Å². The average Bonchev–Trinajstić information content (AvgIpc) is 3.38. The summed E-state index contributed by atoms with van der Waals surface area (Å²) in [6.45, 7) is 3.35. The van der Waals surface area contributed by atoms with Gasteiger partial charge in [0.1, 0.15) is 5.52 Å². The second kappa shape index (κ2) is 5.56. The minimum absolute atomic E-state index is 0.628. The summed E-state index contributed by atoms with van der Waals surface area (Å²) < 4.78 is 0. The molecule has 110 valence electrons. The number of rotatable bonds is 4. The largest absolute Gasteiger partial charge is 0.336 e. The maximum absolute atomic E-state index is 4.74. The quantitative estimate of drug-likeness (QED) is 0.930. The van der Waals surface area contributed by atoms with E-state index in [1.165, 1.54) is 25.7 Å². The van der Waals surface area contributed by atoms with Gasteiger partial charge in [-0.1, -0.05) is 12.1 Å². The van der Waals surface area contributed by atoms with Crippen LogP contribution < -0.4 is 10.2 Å². The first kappa shape index (κ1) is 13.0. The van der Waals surface area contributed by atoms with Crippen molar-refractivity contribution in [1.29, 1.82) is 0 Å². The van der Waals surface area contributed by atoms with Crippen molar-refractivity contribution >= 4 is 17.0 Å². The van der Waals surface area contributed by atoms with E-state index in [2.05, 4.69) is 20.4 Å². The molecule has 1 aliphatic carbocycles. The molecule has 0 spiro atoms. The highest BCUT2D eigenvalue weighted by Crippen LogP contribution is 2.31. The monoisotopic (exact) mass is 283 g/mol. The van der Waals surface area contributed by atoms with Crippen molar-refractivity contribution in [3.63, 3.8) is 0 Å². The predicted molar refractivity (Wildman–Crippen MR) is 83.3 cm³/mol. The molecule has 0 unspecified atom stereocenters. The molecule has 2 aliphatic rings. The van der Waals surface area contributed by atoms with Crippen LogP contribution in [0.5, 0.6) is 0 Å². The Bertz CT molecular complexity index is 619. The third-order valence-electron chi connectivity index (χ3n) is 4.51. The first-order chi connectivity index (χ1) is 10.4. The van der Waals surface area contributed by atoms with Crippen molar-refractivity contribution in [3.8, 4) is 0 Å². The molecule has 1 saturated carbocycles. The molecule has 2 fully saturated rings. The molecule has 1 aliphatic heterocycles.